The van der Waals surface area contributed by atoms with Crippen LogP contribution in [0.15, 0.2) is 78.2 Å². The SMILES string of the molecule is CCCCCOc1ccc(C2C(C#N)=C(N)Oc3cc(OC(=O)/C=C/c4ccc(Cl)cc4Cl)ccc32)cc1. The van der Waals surface area contributed by atoms with E-state index in [2.05, 4.69) is 13.0 Å². The molecule has 0 saturated carbocycles. The van der Waals surface area contributed by atoms with Gasteiger partial charge in [0, 0.05) is 27.8 Å². The highest BCUT2D eigenvalue weighted by atomic mass is 35.5. The summed E-state index contributed by atoms with van der Waals surface area (Å²) < 4.78 is 17.0. The van der Waals surface area contributed by atoms with Gasteiger partial charge in [0.2, 0.25) is 5.88 Å². The topological polar surface area (TPSA) is 94.6 Å². The minimum atomic E-state index is -0.598. The number of hydrogen-bond donors (Lipinski definition) is 1. The number of nitriles is 1. The number of ether oxygens (including phenoxy) is 3. The average molecular weight is 549 g/mol. The van der Waals surface area contributed by atoms with E-state index in [-0.39, 0.29) is 11.6 Å². The summed E-state index contributed by atoms with van der Waals surface area (Å²) >= 11 is 12.1. The number of rotatable bonds is 9. The molecule has 2 N–H and O–H groups in total. The van der Waals surface area contributed by atoms with E-state index in [1.807, 2.05) is 24.3 Å². The van der Waals surface area contributed by atoms with Gasteiger partial charge in [-0.3, -0.25) is 0 Å². The highest BCUT2D eigenvalue weighted by molar-refractivity contribution is 6.35. The lowest BCUT2D eigenvalue weighted by molar-refractivity contribution is -0.128. The van der Waals surface area contributed by atoms with Gasteiger partial charge in [-0.2, -0.15) is 5.26 Å². The molecular formula is C30H26Cl2N2O4. The summed E-state index contributed by atoms with van der Waals surface area (Å²) in [6.07, 6.45) is 6.07. The van der Waals surface area contributed by atoms with E-state index >= 15 is 0 Å². The van der Waals surface area contributed by atoms with Crippen LogP contribution >= 0.6 is 23.2 Å². The van der Waals surface area contributed by atoms with E-state index in [1.165, 1.54) is 6.08 Å². The number of carbonyl (C=O) groups excluding carboxylic acids is 1. The van der Waals surface area contributed by atoms with Gasteiger partial charge in [0.25, 0.3) is 0 Å². The zero-order chi connectivity index (χ0) is 27.1. The Morgan fingerprint density at radius 1 is 1.08 bits per heavy atom. The van der Waals surface area contributed by atoms with Gasteiger partial charge in [-0.25, -0.2) is 4.79 Å². The first-order valence-corrected chi connectivity index (χ1v) is 12.9. The number of halogens is 2. The molecule has 1 atom stereocenters. The number of allylic oxidation sites excluding steroid dienone is 1. The quantitative estimate of drug-likeness (QED) is 0.129. The van der Waals surface area contributed by atoms with Crippen LogP contribution in [-0.2, 0) is 4.79 Å². The Hall–Kier alpha value is -3.92. The van der Waals surface area contributed by atoms with Crippen LogP contribution in [0.4, 0.5) is 0 Å². The van der Waals surface area contributed by atoms with Gasteiger partial charge >= 0.3 is 5.97 Å². The van der Waals surface area contributed by atoms with Gasteiger partial charge in [0.1, 0.15) is 28.9 Å². The largest absolute Gasteiger partial charge is 0.494 e. The molecule has 1 unspecified atom stereocenters. The third-order valence-corrected chi connectivity index (χ3v) is 6.56. The Balaban J connectivity index is 1.52. The lowest BCUT2D eigenvalue weighted by atomic mass is 9.83. The van der Waals surface area contributed by atoms with E-state index in [0.29, 0.717) is 33.5 Å². The molecule has 8 heteroatoms. The maximum absolute atomic E-state index is 12.4. The number of nitrogens with zero attached hydrogens (tertiary/aromatic N) is 1. The van der Waals surface area contributed by atoms with Crippen molar-refractivity contribution in [1.82, 2.24) is 0 Å². The summed E-state index contributed by atoms with van der Waals surface area (Å²) in [7, 11) is 0. The van der Waals surface area contributed by atoms with E-state index < -0.39 is 11.9 Å². The molecule has 1 heterocycles. The van der Waals surface area contributed by atoms with Crippen molar-refractivity contribution in [2.75, 3.05) is 6.61 Å². The second-order valence-corrected chi connectivity index (χ2v) is 9.51. The van der Waals surface area contributed by atoms with E-state index in [9.17, 15) is 10.1 Å². The molecule has 0 spiro atoms. The van der Waals surface area contributed by atoms with Crippen LogP contribution in [-0.4, -0.2) is 12.6 Å². The fourth-order valence-electron chi connectivity index (χ4n) is 4.09. The van der Waals surface area contributed by atoms with E-state index in [0.717, 1.165) is 36.1 Å². The maximum atomic E-state index is 12.4. The fraction of sp³-hybridized carbons (Fsp3) is 0.200. The van der Waals surface area contributed by atoms with Crippen LogP contribution < -0.4 is 19.9 Å². The van der Waals surface area contributed by atoms with Crippen molar-refractivity contribution in [3.63, 3.8) is 0 Å². The van der Waals surface area contributed by atoms with Gasteiger partial charge in [0.05, 0.1) is 12.5 Å². The van der Waals surface area contributed by atoms with Crippen LogP contribution in [0.25, 0.3) is 6.08 Å². The molecule has 4 rings (SSSR count). The number of nitrogens with two attached hydrogens (primary N) is 1. The first-order valence-electron chi connectivity index (χ1n) is 12.2. The monoisotopic (exact) mass is 548 g/mol. The third-order valence-electron chi connectivity index (χ3n) is 6.00. The minimum Gasteiger partial charge on any atom is -0.494 e. The Morgan fingerprint density at radius 2 is 1.84 bits per heavy atom. The number of benzene rings is 3. The van der Waals surface area contributed by atoms with Gasteiger partial charge in [-0.15, -0.1) is 0 Å². The second kappa shape index (κ2) is 12.6. The van der Waals surface area contributed by atoms with Crippen molar-refractivity contribution < 1.29 is 19.0 Å². The van der Waals surface area contributed by atoms with Crippen LogP contribution in [0.1, 0.15) is 48.8 Å². The van der Waals surface area contributed by atoms with Crippen molar-refractivity contribution in [2.24, 2.45) is 5.73 Å². The predicted molar refractivity (Wildman–Crippen MR) is 148 cm³/mol. The van der Waals surface area contributed by atoms with Crippen molar-refractivity contribution in [3.05, 3.63) is 105 Å². The molecule has 194 valence electrons. The Bertz CT molecular complexity index is 1430. The molecule has 1 aliphatic rings. The van der Waals surface area contributed by atoms with E-state index in [1.54, 1.807) is 42.5 Å². The molecule has 1 aliphatic heterocycles. The lowest BCUT2D eigenvalue weighted by Crippen LogP contribution is -2.21. The minimum absolute atomic E-state index is 0.00523. The highest BCUT2D eigenvalue weighted by Gasteiger charge is 2.31. The molecule has 3 aromatic carbocycles. The molecule has 38 heavy (non-hydrogen) atoms. The van der Waals surface area contributed by atoms with Crippen LogP contribution in [0, 0.1) is 11.3 Å². The molecule has 0 amide bonds. The molecule has 0 bridgehead atoms. The summed E-state index contributed by atoms with van der Waals surface area (Å²) in [4.78, 5) is 12.4. The number of esters is 1. The fourth-order valence-corrected chi connectivity index (χ4v) is 4.56. The molecule has 0 aromatic heterocycles. The Morgan fingerprint density at radius 3 is 2.55 bits per heavy atom. The normalized spacial score (nSPS) is 14.5. The average Bonchev–Trinajstić information content (AvgIpc) is 2.90. The third kappa shape index (κ3) is 6.49. The van der Waals surface area contributed by atoms with Gasteiger partial charge in [0.15, 0.2) is 0 Å². The van der Waals surface area contributed by atoms with E-state index in [4.69, 9.17) is 43.1 Å². The Labute approximate surface area is 231 Å². The van der Waals surface area contributed by atoms with Crippen LogP contribution in [0.2, 0.25) is 10.0 Å². The molecule has 0 radical (unpaired) electrons. The number of fused-ring (bicyclic) bond motifs is 1. The second-order valence-electron chi connectivity index (χ2n) is 8.67. The van der Waals surface area contributed by atoms with Crippen molar-refractivity contribution in [1.29, 1.82) is 5.26 Å². The van der Waals surface area contributed by atoms with Crippen molar-refractivity contribution >= 4 is 35.2 Å². The first kappa shape index (κ1) is 27.1. The molecule has 0 saturated heterocycles. The summed E-state index contributed by atoms with van der Waals surface area (Å²) in [5.41, 5.74) is 8.64. The standard InChI is InChI=1S/C30H26Cl2N2O4/c1-2-3-4-15-36-22-10-6-20(7-11-22)29-24-13-12-23(17-27(24)38-30(34)25(29)18-33)37-28(35)14-8-19-5-9-21(31)16-26(19)32/h5-14,16-17,29H,2-4,15,34H2,1H3/b14-8+. The van der Waals surface area contributed by atoms with Crippen molar-refractivity contribution in [2.45, 2.75) is 32.1 Å². The molecule has 0 fully saturated rings. The van der Waals surface area contributed by atoms with Gasteiger partial charge < -0.3 is 19.9 Å². The number of hydrogen-bond acceptors (Lipinski definition) is 6. The molecular weight excluding hydrogens is 523 g/mol. The zero-order valence-corrected chi connectivity index (χ0v) is 22.3. The number of unbranched alkanes of at least 4 members (excludes halogenated alkanes) is 2. The number of carbonyl (C=O) groups is 1. The van der Waals surface area contributed by atoms with Gasteiger partial charge in [-0.1, -0.05) is 67.2 Å². The summed E-state index contributed by atoms with van der Waals surface area (Å²) in [5, 5.41) is 10.7. The lowest BCUT2D eigenvalue weighted by Gasteiger charge is -2.26. The Kier molecular flexibility index (Phi) is 8.96. The molecule has 0 aliphatic carbocycles. The first-order chi connectivity index (χ1) is 18.4. The maximum Gasteiger partial charge on any atom is 0.336 e. The van der Waals surface area contributed by atoms with Gasteiger partial charge in [-0.05, 0) is 54.0 Å². The predicted octanol–water partition coefficient (Wildman–Crippen LogP) is 7.40. The molecule has 3 aromatic rings. The smallest absolute Gasteiger partial charge is 0.336 e. The van der Waals surface area contributed by atoms with Crippen LogP contribution in [0.3, 0.4) is 0 Å². The summed E-state index contributed by atoms with van der Waals surface area (Å²) in [5.74, 6) is 0.409. The van der Waals surface area contributed by atoms with Crippen LogP contribution in [0.5, 0.6) is 17.2 Å². The molecule has 6 nitrogen and oxygen atoms in total. The highest BCUT2D eigenvalue weighted by Crippen LogP contribution is 2.43. The summed E-state index contributed by atoms with van der Waals surface area (Å²) in [6.45, 7) is 2.81. The zero-order valence-electron chi connectivity index (χ0n) is 20.7. The van der Waals surface area contributed by atoms with Crippen molar-refractivity contribution in [3.8, 4) is 23.3 Å². The summed E-state index contributed by atoms with van der Waals surface area (Å²) in [6, 6.07) is 19.7.